The Morgan fingerprint density at radius 2 is 1.82 bits per heavy atom. The molecule has 0 spiro atoms. The van der Waals surface area contributed by atoms with Gasteiger partial charge in [0.1, 0.15) is 5.60 Å². The Morgan fingerprint density at radius 1 is 1.35 bits per heavy atom. The molecule has 0 aromatic heterocycles. The van der Waals surface area contributed by atoms with E-state index in [1.54, 1.807) is 20.8 Å². The molecule has 0 aliphatic carbocycles. The van der Waals surface area contributed by atoms with Gasteiger partial charge in [0.05, 0.1) is 0 Å². The van der Waals surface area contributed by atoms with Crippen molar-refractivity contribution < 1.29 is 27.9 Å². The fourth-order valence-electron chi connectivity index (χ4n) is 0.912. The van der Waals surface area contributed by atoms with Crippen molar-refractivity contribution in [1.29, 1.82) is 0 Å². The largest absolute Gasteiger partial charge is 0.480 e. The average molecular weight is 267 g/mol. The topological polar surface area (TPSA) is 110 Å². The fraction of sp³-hybridized carbons (Fsp3) is 0.778. The minimum atomic E-state index is -3.77. The van der Waals surface area contributed by atoms with Crippen LogP contribution in [0, 0.1) is 0 Å². The monoisotopic (exact) mass is 267 g/mol. The lowest BCUT2D eigenvalue weighted by Gasteiger charge is -2.20. The maximum atomic E-state index is 11.2. The summed E-state index contributed by atoms with van der Waals surface area (Å²) in [6, 6.07) is 0. The molecule has 100 valence electrons. The van der Waals surface area contributed by atoms with E-state index < -0.39 is 39.3 Å². The first kappa shape index (κ1) is 15.7. The van der Waals surface area contributed by atoms with E-state index in [9.17, 15) is 18.0 Å². The third-order valence-electron chi connectivity index (χ3n) is 1.62. The van der Waals surface area contributed by atoms with E-state index in [-0.39, 0.29) is 0 Å². The maximum absolute atomic E-state index is 11.2. The third-order valence-corrected chi connectivity index (χ3v) is 3.02. The van der Waals surface area contributed by atoms with Crippen molar-refractivity contribution >= 4 is 21.9 Å². The maximum Gasteiger partial charge on any atom is 0.407 e. The Bertz CT molecular complexity index is 394. The number of ether oxygens (including phenoxy) is 1. The summed E-state index contributed by atoms with van der Waals surface area (Å²) in [6.07, 6.45) is -0.0601. The molecule has 1 atom stereocenters. The third kappa shape index (κ3) is 6.77. The summed E-state index contributed by atoms with van der Waals surface area (Å²) in [5, 5.41) is 9.12. The number of rotatable bonds is 4. The number of carboxylic acid groups (broad SMARTS) is 1. The molecule has 7 nitrogen and oxygen atoms in total. The second-order valence-corrected chi connectivity index (χ2v) is 6.77. The van der Waals surface area contributed by atoms with E-state index in [4.69, 9.17) is 9.84 Å². The van der Waals surface area contributed by atoms with Crippen molar-refractivity contribution in [2.45, 2.75) is 31.6 Å². The van der Waals surface area contributed by atoms with Crippen LogP contribution in [0.4, 0.5) is 4.79 Å². The highest BCUT2D eigenvalue weighted by Gasteiger charge is 2.29. The Morgan fingerprint density at radius 3 is 2.12 bits per heavy atom. The highest BCUT2D eigenvalue weighted by atomic mass is 32.2. The first-order valence-electron chi connectivity index (χ1n) is 4.82. The molecule has 0 fully saturated rings. The first-order chi connectivity index (χ1) is 7.43. The number of aliphatic carboxylic acids is 1. The number of alkyl carbamates (subject to hydrolysis) is 1. The number of hydrogen-bond acceptors (Lipinski definition) is 5. The molecular formula is C9H17NO6S. The summed E-state index contributed by atoms with van der Waals surface area (Å²) in [5.41, 5.74) is -0.728. The van der Waals surface area contributed by atoms with E-state index in [1.165, 1.54) is 0 Å². The molecule has 0 bridgehead atoms. The van der Waals surface area contributed by atoms with E-state index in [2.05, 4.69) is 5.32 Å². The van der Waals surface area contributed by atoms with Crippen LogP contribution in [0.3, 0.4) is 0 Å². The van der Waals surface area contributed by atoms with Gasteiger partial charge in [0, 0.05) is 12.8 Å². The molecular weight excluding hydrogens is 250 g/mol. The summed E-state index contributed by atoms with van der Waals surface area (Å²) in [4.78, 5) is 21.9. The quantitative estimate of drug-likeness (QED) is 0.742. The Kier molecular flexibility index (Phi) is 4.94. The molecule has 0 aliphatic heterocycles. The van der Waals surface area contributed by atoms with E-state index in [0.717, 1.165) is 6.26 Å². The fourth-order valence-corrected chi connectivity index (χ4v) is 1.66. The highest BCUT2D eigenvalue weighted by molar-refractivity contribution is 7.92. The number of carboxylic acids is 1. The van der Waals surface area contributed by atoms with Crippen molar-refractivity contribution in [2.24, 2.45) is 0 Å². The van der Waals surface area contributed by atoms with Crippen LogP contribution in [0.2, 0.25) is 0 Å². The van der Waals surface area contributed by atoms with E-state index >= 15 is 0 Å². The normalized spacial score (nSPS) is 13.9. The molecule has 0 saturated carbocycles. The van der Waals surface area contributed by atoms with Crippen LogP contribution in [0.1, 0.15) is 20.8 Å². The smallest absolute Gasteiger partial charge is 0.407 e. The van der Waals surface area contributed by atoms with Crippen LogP contribution in [0.15, 0.2) is 0 Å². The van der Waals surface area contributed by atoms with Crippen molar-refractivity contribution in [3.8, 4) is 0 Å². The zero-order valence-electron chi connectivity index (χ0n) is 10.2. The van der Waals surface area contributed by atoms with Gasteiger partial charge in [0.2, 0.25) is 0 Å². The van der Waals surface area contributed by atoms with Gasteiger partial charge >= 0.3 is 12.1 Å². The molecule has 0 saturated heterocycles. The van der Waals surface area contributed by atoms with Crippen molar-refractivity contribution in [1.82, 2.24) is 5.32 Å². The number of carbonyl (C=O) groups is 2. The lowest BCUT2D eigenvalue weighted by molar-refractivity contribution is -0.136. The van der Waals surface area contributed by atoms with Gasteiger partial charge in [-0.15, -0.1) is 0 Å². The molecule has 1 amide bonds. The summed E-state index contributed by atoms with van der Waals surface area (Å²) in [5.74, 6) is -1.51. The Balaban J connectivity index is 4.45. The predicted octanol–water partition coefficient (Wildman–Crippen LogP) is 0.00890. The van der Waals surface area contributed by atoms with Gasteiger partial charge in [-0.3, -0.25) is 4.79 Å². The van der Waals surface area contributed by atoms with Gasteiger partial charge in [-0.05, 0) is 20.8 Å². The van der Waals surface area contributed by atoms with Crippen molar-refractivity contribution in [2.75, 3.05) is 12.8 Å². The summed E-state index contributed by atoms with van der Waals surface area (Å²) < 4.78 is 27.0. The second-order valence-electron chi connectivity index (χ2n) is 4.54. The second kappa shape index (κ2) is 5.35. The molecule has 17 heavy (non-hydrogen) atoms. The minimum absolute atomic E-state index is 0.525. The van der Waals surface area contributed by atoms with Gasteiger partial charge in [0.25, 0.3) is 0 Å². The lowest BCUT2D eigenvalue weighted by atomic mass is 10.2. The lowest BCUT2D eigenvalue weighted by Crippen LogP contribution is -2.43. The van der Waals surface area contributed by atoms with Gasteiger partial charge in [-0.25, -0.2) is 13.2 Å². The Labute approximate surface area is 100 Å². The first-order valence-corrected chi connectivity index (χ1v) is 6.77. The van der Waals surface area contributed by atoms with Crippen molar-refractivity contribution in [3.05, 3.63) is 0 Å². The molecule has 0 radical (unpaired) electrons. The molecule has 0 aromatic carbocycles. The van der Waals surface area contributed by atoms with Gasteiger partial charge in [-0.2, -0.15) is 0 Å². The molecule has 0 heterocycles. The number of carbonyl (C=O) groups excluding carboxylic acids is 1. The van der Waals surface area contributed by atoms with Gasteiger partial charge in [-0.1, -0.05) is 0 Å². The molecule has 8 heteroatoms. The van der Waals surface area contributed by atoms with Crippen LogP contribution >= 0.6 is 0 Å². The van der Waals surface area contributed by atoms with E-state index in [1.807, 2.05) is 0 Å². The molecule has 0 aliphatic rings. The van der Waals surface area contributed by atoms with Crippen LogP contribution in [0.5, 0.6) is 0 Å². The molecule has 0 rings (SSSR count). The zero-order valence-corrected chi connectivity index (χ0v) is 11.0. The van der Waals surface area contributed by atoms with Crippen LogP contribution < -0.4 is 5.32 Å². The number of nitrogens with one attached hydrogen (secondary N) is 1. The molecule has 1 unspecified atom stereocenters. The van der Waals surface area contributed by atoms with Gasteiger partial charge in [0.15, 0.2) is 15.1 Å². The SMILES string of the molecule is CC(C)(C)OC(=O)NCC(C(=O)O)S(C)(=O)=O. The highest BCUT2D eigenvalue weighted by Crippen LogP contribution is 2.06. The van der Waals surface area contributed by atoms with Crippen LogP contribution in [-0.2, 0) is 19.4 Å². The predicted molar refractivity (Wildman–Crippen MR) is 60.5 cm³/mol. The van der Waals surface area contributed by atoms with Crippen LogP contribution in [-0.4, -0.2) is 49.2 Å². The van der Waals surface area contributed by atoms with Crippen molar-refractivity contribution in [3.63, 3.8) is 0 Å². The standard InChI is InChI=1S/C9H17NO6S/c1-9(2,3)16-8(13)10-5-6(7(11)12)17(4,14)15/h6H,5H2,1-4H3,(H,10,13)(H,11,12). The number of sulfone groups is 1. The zero-order chi connectivity index (χ0) is 13.9. The van der Waals surface area contributed by atoms with Crippen LogP contribution in [0.25, 0.3) is 0 Å². The molecule has 0 aromatic rings. The Hall–Kier alpha value is -1.31. The number of amides is 1. The minimum Gasteiger partial charge on any atom is -0.480 e. The number of hydrogen-bond donors (Lipinski definition) is 2. The van der Waals surface area contributed by atoms with E-state index in [0.29, 0.717) is 0 Å². The van der Waals surface area contributed by atoms with Gasteiger partial charge < -0.3 is 15.2 Å². The summed E-state index contributed by atoms with van der Waals surface area (Å²) in [7, 11) is -3.77. The summed E-state index contributed by atoms with van der Waals surface area (Å²) >= 11 is 0. The summed E-state index contributed by atoms with van der Waals surface area (Å²) in [6.45, 7) is 4.39. The molecule has 2 N–H and O–H groups in total. The average Bonchev–Trinajstić information content (AvgIpc) is 1.96.